The fourth-order valence-electron chi connectivity index (χ4n) is 2.15. The molecule has 0 saturated carbocycles. The highest BCUT2D eigenvalue weighted by Gasteiger charge is 2.23. The molecule has 0 aromatic heterocycles. The zero-order chi connectivity index (χ0) is 14.5. The standard InChI is InChI=1S/C13H17N3O4/c1-9-3-2-4-11(16(18)19)12(9)13(17)15-7-10-8-20-6-5-14-10/h2-4,10,14H,5-8H2,1H3,(H,15,17). The fourth-order valence-corrected chi connectivity index (χ4v) is 2.15. The zero-order valence-corrected chi connectivity index (χ0v) is 11.2. The number of hydrogen-bond acceptors (Lipinski definition) is 5. The molecule has 1 amide bonds. The summed E-state index contributed by atoms with van der Waals surface area (Å²) in [5.41, 5.74) is 0.536. The van der Waals surface area contributed by atoms with Crippen molar-refractivity contribution in [2.24, 2.45) is 0 Å². The van der Waals surface area contributed by atoms with Crippen molar-refractivity contribution in [3.05, 3.63) is 39.4 Å². The van der Waals surface area contributed by atoms with Crippen LogP contribution in [-0.2, 0) is 4.74 Å². The zero-order valence-electron chi connectivity index (χ0n) is 11.2. The Morgan fingerprint density at radius 3 is 3.05 bits per heavy atom. The van der Waals surface area contributed by atoms with Crippen molar-refractivity contribution in [1.82, 2.24) is 10.6 Å². The third kappa shape index (κ3) is 3.31. The maximum Gasteiger partial charge on any atom is 0.282 e. The van der Waals surface area contributed by atoms with Gasteiger partial charge in [-0.05, 0) is 12.5 Å². The maximum atomic E-state index is 12.1. The lowest BCUT2D eigenvalue weighted by molar-refractivity contribution is -0.385. The van der Waals surface area contributed by atoms with E-state index in [9.17, 15) is 14.9 Å². The second kappa shape index (κ2) is 6.44. The van der Waals surface area contributed by atoms with Gasteiger partial charge in [0, 0.05) is 25.2 Å². The van der Waals surface area contributed by atoms with Crippen LogP contribution in [0.1, 0.15) is 15.9 Å². The predicted molar refractivity (Wildman–Crippen MR) is 72.8 cm³/mol. The molecule has 7 nitrogen and oxygen atoms in total. The van der Waals surface area contributed by atoms with Crippen LogP contribution in [0.3, 0.4) is 0 Å². The van der Waals surface area contributed by atoms with E-state index in [1.54, 1.807) is 19.1 Å². The van der Waals surface area contributed by atoms with Gasteiger partial charge in [-0.2, -0.15) is 0 Å². The average molecular weight is 279 g/mol. The van der Waals surface area contributed by atoms with Gasteiger partial charge >= 0.3 is 0 Å². The summed E-state index contributed by atoms with van der Waals surface area (Å²) in [6.07, 6.45) is 0. The molecule has 2 rings (SSSR count). The van der Waals surface area contributed by atoms with Crippen molar-refractivity contribution in [2.45, 2.75) is 13.0 Å². The largest absolute Gasteiger partial charge is 0.378 e. The number of hydrogen-bond donors (Lipinski definition) is 2. The van der Waals surface area contributed by atoms with E-state index >= 15 is 0 Å². The minimum atomic E-state index is -0.538. The number of amides is 1. The van der Waals surface area contributed by atoms with Crippen LogP contribution in [0.4, 0.5) is 5.69 Å². The van der Waals surface area contributed by atoms with Gasteiger partial charge in [0.25, 0.3) is 11.6 Å². The molecular formula is C13H17N3O4. The molecule has 1 fully saturated rings. The molecule has 0 aliphatic carbocycles. The molecule has 1 aliphatic heterocycles. The summed E-state index contributed by atoms with van der Waals surface area (Å²) in [6, 6.07) is 4.63. The minimum Gasteiger partial charge on any atom is -0.378 e. The van der Waals surface area contributed by atoms with E-state index in [1.165, 1.54) is 6.07 Å². The van der Waals surface area contributed by atoms with E-state index in [1.807, 2.05) is 0 Å². The lowest BCUT2D eigenvalue weighted by Gasteiger charge is -2.24. The number of morpholine rings is 1. The molecule has 0 spiro atoms. The smallest absolute Gasteiger partial charge is 0.282 e. The topological polar surface area (TPSA) is 93.5 Å². The van der Waals surface area contributed by atoms with Gasteiger partial charge in [0.15, 0.2) is 0 Å². The van der Waals surface area contributed by atoms with E-state index in [-0.39, 0.29) is 17.3 Å². The van der Waals surface area contributed by atoms with Crippen LogP contribution < -0.4 is 10.6 Å². The summed E-state index contributed by atoms with van der Waals surface area (Å²) >= 11 is 0. The second-order valence-electron chi connectivity index (χ2n) is 4.66. The number of nitro groups is 1. The first-order chi connectivity index (χ1) is 9.59. The number of nitrogens with one attached hydrogen (secondary N) is 2. The average Bonchev–Trinajstić information content (AvgIpc) is 2.45. The van der Waals surface area contributed by atoms with Crippen LogP contribution in [0.25, 0.3) is 0 Å². The predicted octanol–water partition coefficient (Wildman–Crippen LogP) is 0.621. The van der Waals surface area contributed by atoms with Crippen LogP contribution in [0.5, 0.6) is 0 Å². The highest BCUT2D eigenvalue weighted by molar-refractivity contribution is 5.99. The summed E-state index contributed by atoms with van der Waals surface area (Å²) < 4.78 is 5.28. The normalized spacial score (nSPS) is 18.6. The van der Waals surface area contributed by atoms with Gasteiger partial charge in [-0.1, -0.05) is 12.1 Å². The number of ether oxygens (including phenoxy) is 1. The molecule has 1 aliphatic rings. The Hall–Kier alpha value is -1.99. The van der Waals surface area contributed by atoms with Crippen molar-refractivity contribution in [2.75, 3.05) is 26.3 Å². The van der Waals surface area contributed by atoms with Crippen LogP contribution in [0.15, 0.2) is 18.2 Å². The van der Waals surface area contributed by atoms with Gasteiger partial charge in [0.2, 0.25) is 0 Å². The van der Waals surface area contributed by atoms with Gasteiger partial charge in [-0.3, -0.25) is 14.9 Å². The molecule has 0 bridgehead atoms. The van der Waals surface area contributed by atoms with Gasteiger partial charge in [-0.15, -0.1) is 0 Å². The van der Waals surface area contributed by atoms with Gasteiger partial charge < -0.3 is 15.4 Å². The monoisotopic (exact) mass is 279 g/mol. The lowest BCUT2D eigenvalue weighted by Crippen LogP contribution is -2.48. The Morgan fingerprint density at radius 1 is 1.60 bits per heavy atom. The molecule has 7 heteroatoms. The van der Waals surface area contributed by atoms with E-state index < -0.39 is 10.8 Å². The number of carbonyl (C=O) groups is 1. The first-order valence-corrected chi connectivity index (χ1v) is 6.43. The summed E-state index contributed by atoms with van der Waals surface area (Å²) in [4.78, 5) is 22.6. The molecule has 1 saturated heterocycles. The SMILES string of the molecule is Cc1cccc([N+](=O)[O-])c1C(=O)NCC1COCCN1. The number of nitrogens with zero attached hydrogens (tertiary/aromatic N) is 1. The van der Waals surface area contributed by atoms with E-state index in [4.69, 9.17) is 4.74 Å². The Kier molecular flexibility index (Phi) is 4.65. The summed E-state index contributed by atoms with van der Waals surface area (Å²) in [7, 11) is 0. The molecule has 20 heavy (non-hydrogen) atoms. The minimum absolute atomic E-state index is 0.0378. The molecule has 0 radical (unpaired) electrons. The maximum absolute atomic E-state index is 12.1. The number of aryl methyl sites for hydroxylation is 1. The molecule has 1 atom stereocenters. The number of nitro benzene ring substituents is 1. The molecule has 1 aromatic rings. The van der Waals surface area contributed by atoms with Crippen molar-refractivity contribution in [1.29, 1.82) is 0 Å². The number of rotatable bonds is 4. The molecular weight excluding hydrogens is 262 g/mol. The van der Waals surface area contributed by atoms with E-state index in [0.717, 1.165) is 6.54 Å². The first-order valence-electron chi connectivity index (χ1n) is 6.43. The Morgan fingerprint density at radius 2 is 2.40 bits per heavy atom. The first kappa shape index (κ1) is 14.4. The number of benzene rings is 1. The fraction of sp³-hybridized carbons (Fsp3) is 0.462. The highest BCUT2D eigenvalue weighted by Crippen LogP contribution is 2.21. The Labute approximate surface area is 116 Å². The molecule has 1 heterocycles. The van der Waals surface area contributed by atoms with Crippen molar-refractivity contribution >= 4 is 11.6 Å². The molecule has 2 N–H and O–H groups in total. The van der Waals surface area contributed by atoms with E-state index in [0.29, 0.717) is 25.3 Å². The van der Waals surface area contributed by atoms with Crippen LogP contribution >= 0.6 is 0 Å². The van der Waals surface area contributed by atoms with Crippen molar-refractivity contribution in [3.63, 3.8) is 0 Å². The molecule has 108 valence electrons. The Bertz CT molecular complexity index is 512. The van der Waals surface area contributed by atoms with Crippen molar-refractivity contribution in [3.8, 4) is 0 Å². The highest BCUT2D eigenvalue weighted by atomic mass is 16.6. The van der Waals surface area contributed by atoms with Crippen molar-refractivity contribution < 1.29 is 14.5 Å². The van der Waals surface area contributed by atoms with Gasteiger partial charge in [0.1, 0.15) is 5.56 Å². The summed E-state index contributed by atoms with van der Waals surface area (Å²) in [5, 5.41) is 16.9. The third-order valence-corrected chi connectivity index (χ3v) is 3.18. The van der Waals surface area contributed by atoms with E-state index in [2.05, 4.69) is 10.6 Å². The molecule has 1 unspecified atom stereocenters. The van der Waals surface area contributed by atoms with Gasteiger partial charge in [0.05, 0.1) is 18.1 Å². The van der Waals surface area contributed by atoms with Gasteiger partial charge in [-0.25, -0.2) is 0 Å². The Balaban J connectivity index is 2.06. The lowest BCUT2D eigenvalue weighted by atomic mass is 10.1. The second-order valence-corrected chi connectivity index (χ2v) is 4.66. The summed E-state index contributed by atoms with van der Waals surface area (Å²) in [6.45, 7) is 3.99. The third-order valence-electron chi connectivity index (χ3n) is 3.18. The summed E-state index contributed by atoms with van der Waals surface area (Å²) in [5.74, 6) is -0.429. The molecule has 1 aromatic carbocycles. The van der Waals surface area contributed by atoms with Crippen LogP contribution in [-0.4, -0.2) is 43.2 Å². The quantitative estimate of drug-likeness (QED) is 0.622. The van der Waals surface area contributed by atoms with Crippen LogP contribution in [0, 0.1) is 17.0 Å². The van der Waals surface area contributed by atoms with Crippen LogP contribution in [0.2, 0.25) is 0 Å². The number of carbonyl (C=O) groups excluding carboxylic acids is 1.